The topological polar surface area (TPSA) is 43.9 Å². The predicted molar refractivity (Wildman–Crippen MR) is 83.0 cm³/mol. The fourth-order valence-electron chi connectivity index (χ4n) is 2.32. The molecule has 0 unspecified atom stereocenters. The monoisotopic (exact) mass is 255 g/mol. The van der Waals surface area contributed by atoms with Gasteiger partial charge in [0.15, 0.2) is 0 Å². The van der Waals surface area contributed by atoms with Gasteiger partial charge in [0.1, 0.15) is 0 Å². The number of rotatable bonds is 1. The molecule has 2 N–H and O–H groups in total. The minimum absolute atomic E-state index is 0. The van der Waals surface area contributed by atoms with E-state index in [2.05, 4.69) is 60.4 Å². The van der Waals surface area contributed by atoms with Gasteiger partial charge in [0.2, 0.25) is 0 Å². The van der Waals surface area contributed by atoms with Gasteiger partial charge in [-0.1, -0.05) is 62.4 Å². The van der Waals surface area contributed by atoms with E-state index in [1.165, 1.54) is 22.3 Å². The first-order valence-corrected chi connectivity index (χ1v) is 6.65. The summed E-state index contributed by atoms with van der Waals surface area (Å²) in [6.45, 7) is 6.91. The minimum Gasteiger partial charge on any atom is -0.412 e. The molecule has 1 aliphatic rings. The zero-order valence-electron chi connectivity index (χ0n) is 11.8. The maximum Gasteiger partial charge on any atom is 0.0731 e. The summed E-state index contributed by atoms with van der Waals surface area (Å²) in [6.07, 6.45) is 0. The van der Waals surface area contributed by atoms with Gasteiger partial charge in [-0.3, -0.25) is 4.99 Å². The molecule has 1 aliphatic carbocycles. The van der Waals surface area contributed by atoms with E-state index in [0.717, 1.165) is 12.3 Å². The molecule has 0 radical (unpaired) electrons. The van der Waals surface area contributed by atoms with Crippen LogP contribution in [0.3, 0.4) is 0 Å². The molecule has 0 amide bonds. The van der Waals surface area contributed by atoms with E-state index in [-0.39, 0.29) is 5.48 Å². The van der Waals surface area contributed by atoms with Crippen molar-refractivity contribution in [2.45, 2.75) is 20.8 Å². The van der Waals surface area contributed by atoms with Crippen molar-refractivity contribution in [3.05, 3.63) is 59.7 Å². The molecule has 0 spiro atoms. The highest BCUT2D eigenvalue weighted by Gasteiger charge is 2.22. The highest BCUT2D eigenvalue weighted by Crippen LogP contribution is 2.36. The number of benzene rings is 2. The van der Waals surface area contributed by atoms with Gasteiger partial charge in [0.05, 0.1) is 5.71 Å². The highest BCUT2D eigenvalue weighted by atomic mass is 16.0. The Morgan fingerprint density at radius 2 is 1.11 bits per heavy atom. The Morgan fingerprint density at radius 3 is 1.47 bits per heavy atom. The van der Waals surface area contributed by atoms with Crippen LogP contribution < -0.4 is 0 Å². The van der Waals surface area contributed by atoms with Crippen molar-refractivity contribution in [2.24, 2.45) is 4.99 Å². The minimum atomic E-state index is 0. The quantitative estimate of drug-likeness (QED) is 0.636. The van der Waals surface area contributed by atoms with Gasteiger partial charge in [-0.25, -0.2) is 0 Å². The fraction of sp³-hybridized carbons (Fsp3) is 0.235. The Hall–Kier alpha value is -1.93. The molecule has 0 atom stereocenters. The predicted octanol–water partition coefficient (Wildman–Crippen LogP) is 3.73. The molecule has 100 valence electrons. The van der Waals surface area contributed by atoms with Gasteiger partial charge < -0.3 is 5.48 Å². The largest absolute Gasteiger partial charge is 0.412 e. The van der Waals surface area contributed by atoms with Crippen molar-refractivity contribution in [3.63, 3.8) is 0 Å². The molecule has 0 saturated carbocycles. The van der Waals surface area contributed by atoms with Crippen molar-refractivity contribution in [1.29, 1.82) is 0 Å². The summed E-state index contributed by atoms with van der Waals surface area (Å²) in [5.74, 6) is 0. The van der Waals surface area contributed by atoms with Crippen molar-refractivity contribution in [1.82, 2.24) is 0 Å². The summed E-state index contributed by atoms with van der Waals surface area (Å²) in [7, 11) is 0. The summed E-state index contributed by atoms with van der Waals surface area (Å²) in [4.78, 5) is 4.62. The van der Waals surface area contributed by atoms with Crippen LogP contribution in [0.15, 0.2) is 53.5 Å². The average Bonchev–Trinajstić information content (AvgIpc) is 2.77. The van der Waals surface area contributed by atoms with Crippen LogP contribution in [0.4, 0.5) is 0 Å². The number of aliphatic imine (C=N–C) groups is 1. The van der Waals surface area contributed by atoms with Gasteiger partial charge in [0, 0.05) is 17.7 Å². The molecule has 0 bridgehead atoms. The van der Waals surface area contributed by atoms with E-state index in [1.807, 2.05) is 13.8 Å². The lowest BCUT2D eigenvalue weighted by Gasteiger charge is -1.99. The van der Waals surface area contributed by atoms with Crippen LogP contribution in [0.5, 0.6) is 0 Å². The van der Waals surface area contributed by atoms with Crippen molar-refractivity contribution >= 4 is 5.71 Å². The molecule has 2 aromatic carbocycles. The maximum atomic E-state index is 4.62. The molecule has 2 nitrogen and oxygen atoms in total. The van der Waals surface area contributed by atoms with E-state index in [9.17, 15) is 0 Å². The SMILES string of the molecule is CC.CCN=C1c2ccccc2-c2ccccc21.O. The Labute approximate surface area is 115 Å². The first kappa shape index (κ1) is 15.1. The molecular formula is C17H21NO. The zero-order chi connectivity index (χ0) is 13.0. The zero-order valence-corrected chi connectivity index (χ0v) is 11.8. The third kappa shape index (κ3) is 2.59. The van der Waals surface area contributed by atoms with Crippen LogP contribution >= 0.6 is 0 Å². The molecule has 19 heavy (non-hydrogen) atoms. The van der Waals surface area contributed by atoms with E-state index >= 15 is 0 Å². The van der Waals surface area contributed by atoms with E-state index in [1.54, 1.807) is 0 Å². The molecule has 0 aromatic heterocycles. The summed E-state index contributed by atoms with van der Waals surface area (Å²) in [6, 6.07) is 17.0. The second-order valence-corrected chi connectivity index (χ2v) is 3.91. The van der Waals surface area contributed by atoms with Crippen LogP contribution in [0, 0.1) is 0 Å². The first-order valence-electron chi connectivity index (χ1n) is 6.65. The second kappa shape index (κ2) is 6.86. The lowest BCUT2D eigenvalue weighted by Crippen LogP contribution is -1.98. The van der Waals surface area contributed by atoms with Gasteiger partial charge in [-0.15, -0.1) is 0 Å². The third-order valence-electron chi connectivity index (χ3n) is 2.97. The van der Waals surface area contributed by atoms with Crippen molar-refractivity contribution < 1.29 is 5.48 Å². The first-order chi connectivity index (χ1) is 8.92. The molecular weight excluding hydrogens is 234 g/mol. The number of hydrogen-bond donors (Lipinski definition) is 0. The van der Waals surface area contributed by atoms with Gasteiger partial charge in [-0.05, 0) is 18.1 Å². The molecule has 0 saturated heterocycles. The summed E-state index contributed by atoms with van der Waals surface area (Å²) < 4.78 is 0. The van der Waals surface area contributed by atoms with Crippen molar-refractivity contribution in [2.75, 3.05) is 6.54 Å². The van der Waals surface area contributed by atoms with Gasteiger partial charge in [0.25, 0.3) is 0 Å². The second-order valence-electron chi connectivity index (χ2n) is 3.91. The normalized spacial score (nSPS) is 10.6. The van der Waals surface area contributed by atoms with Gasteiger partial charge >= 0.3 is 0 Å². The lowest BCUT2D eigenvalue weighted by molar-refractivity contribution is 0.824. The van der Waals surface area contributed by atoms with E-state index < -0.39 is 0 Å². The standard InChI is InChI=1S/C15H13N.C2H6.H2O/c1-2-16-15-13-9-5-3-7-11(13)12-8-4-6-10-14(12)15;1-2;/h3-10H,2H2,1H3;1-2H3;1H2. The van der Waals surface area contributed by atoms with Crippen LogP contribution in [-0.4, -0.2) is 17.7 Å². The summed E-state index contributed by atoms with van der Waals surface area (Å²) in [5.41, 5.74) is 6.31. The third-order valence-corrected chi connectivity index (χ3v) is 2.97. The number of hydrogen-bond acceptors (Lipinski definition) is 1. The van der Waals surface area contributed by atoms with Crippen molar-refractivity contribution in [3.8, 4) is 11.1 Å². The smallest absolute Gasteiger partial charge is 0.0731 e. The van der Waals surface area contributed by atoms with E-state index in [0.29, 0.717) is 0 Å². The molecule has 0 aliphatic heterocycles. The highest BCUT2D eigenvalue weighted by molar-refractivity contribution is 6.24. The average molecular weight is 255 g/mol. The van der Waals surface area contributed by atoms with Gasteiger partial charge in [-0.2, -0.15) is 0 Å². The summed E-state index contributed by atoms with van der Waals surface area (Å²) in [5, 5.41) is 0. The van der Waals surface area contributed by atoms with E-state index in [4.69, 9.17) is 0 Å². The molecule has 0 heterocycles. The Morgan fingerprint density at radius 1 is 0.737 bits per heavy atom. The maximum absolute atomic E-state index is 4.62. The Kier molecular flexibility index (Phi) is 5.46. The van der Waals surface area contributed by atoms with Crippen LogP contribution in [0.25, 0.3) is 11.1 Å². The van der Waals surface area contributed by atoms with Crippen LogP contribution in [0.2, 0.25) is 0 Å². The molecule has 2 heteroatoms. The molecule has 3 rings (SSSR count). The lowest BCUT2D eigenvalue weighted by atomic mass is 10.1. The van der Waals surface area contributed by atoms with Crippen LogP contribution in [0.1, 0.15) is 31.9 Å². The molecule has 2 aromatic rings. The Bertz CT molecular complexity index is 525. The molecule has 0 fully saturated rings. The Balaban J connectivity index is 0.000000576. The fourth-order valence-corrected chi connectivity index (χ4v) is 2.32. The number of nitrogens with zero attached hydrogens (tertiary/aromatic N) is 1. The summed E-state index contributed by atoms with van der Waals surface area (Å²) >= 11 is 0. The number of fused-ring (bicyclic) bond motifs is 3. The van der Waals surface area contributed by atoms with Crippen LogP contribution in [-0.2, 0) is 0 Å².